The van der Waals surface area contributed by atoms with Gasteiger partial charge in [0, 0.05) is 29.1 Å². The smallest absolute Gasteiger partial charge is 0.335 e. The second kappa shape index (κ2) is 10.9. The molecule has 1 fully saturated rings. The van der Waals surface area contributed by atoms with E-state index in [1.54, 1.807) is 24.4 Å². The second-order valence-electron chi connectivity index (χ2n) is 10.2. The summed E-state index contributed by atoms with van der Waals surface area (Å²) >= 11 is 5.84. The van der Waals surface area contributed by atoms with Crippen molar-refractivity contribution in [3.63, 3.8) is 0 Å². The van der Waals surface area contributed by atoms with Gasteiger partial charge in [0.2, 0.25) is 5.91 Å². The van der Waals surface area contributed by atoms with Crippen LogP contribution in [0.25, 0.3) is 11.3 Å². The Hall–Kier alpha value is -4.50. The SMILES string of the molecule is Cc1cc(N2C(=S)N[C@@H](c3ccccn3)[C@@H]2c2ccc(-c3ccc(C(=O)O)cc3C)o2)ccc1NC(=O)C(C)C. The maximum Gasteiger partial charge on any atom is 0.335 e. The summed E-state index contributed by atoms with van der Waals surface area (Å²) in [5.74, 6) is 0.158. The van der Waals surface area contributed by atoms with Gasteiger partial charge in [0.25, 0.3) is 0 Å². The highest BCUT2D eigenvalue weighted by Gasteiger charge is 2.42. The molecule has 9 heteroatoms. The number of carbonyl (C=O) groups excluding carboxylic acids is 1. The fraction of sp³-hybridized carbons (Fsp3) is 0.226. The van der Waals surface area contributed by atoms with Gasteiger partial charge in [-0.3, -0.25) is 9.78 Å². The van der Waals surface area contributed by atoms with Crippen molar-refractivity contribution in [3.05, 3.63) is 101 Å². The normalized spacial score (nSPS) is 16.7. The maximum atomic E-state index is 12.3. The Balaban J connectivity index is 1.55. The molecule has 8 nitrogen and oxygen atoms in total. The Labute approximate surface area is 238 Å². The molecular formula is C31H30N4O4S. The fourth-order valence-electron chi connectivity index (χ4n) is 4.87. The van der Waals surface area contributed by atoms with Crippen LogP contribution in [-0.2, 0) is 4.79 Å². The molecule has 2 aromatic carbocycles. The number of pyridine rings is 1. The van der Waals surface area contributed by atoms with E-state index in [0.717, 1.165) is 33.8 Å². The van der Waals surface area contributed by atoms with Crippen molar-refractivity contribution in [1.29, 1.82) is 0 Å². The van der Waals surface area contributed by atoms with E-state index in [-0.39, 0.29) is 29.5 Å². The minimum atomic E-state index is -0.973. The molecule has 0 unspecified atom stereocenters. The summed E-state index contributed by atoms with van der Waals surface area (Å²) in [5.41, 5.74) is 5.15. The largest absolute Gasteiger partial charge is 0.478 e. The molecule has 2 atom stereocenters. The summed E-state index contributed by atoms with van der Waals surface area (Å²) in [6.45, 7) is 7.53. The first kappa shape index (κ1) is 27.1. The Bertz CT molecular complexity index is 1600. The van der Waals surface area contributed by atoms with Gasteiger partial charge in [-0.15, -0.1) is 0 Å². The summed E-state index contributed by atoms with van der Waals surface area (Å²) < 4.78 is 6.45. The predicted octanol–water partition coefficient (Wildman–Crippen LogP) is 6.43. The highest BCUT2D eigenvalue weighted by Crippen LogP contribution is 2.43. The lowest BCUT2D eigenvalue weighted by Crippen LogP contribution is -2.29. The number of rotatable bonds is 7. The number of aryl methyl sites for hydroxylation is 2. The number of aromatic carboxylic acids is 1. The first-order chi connectivity index (χ1) is 19.1. The van der Waals surface area contributed by atoms with Gasteiger partial charge in [0.15, 0.2) is 5.11 Å². The lowest BCUT2D eigenvalue weighted by molar-refractivity contribution is -0.118. The molecule has 3 N–H and O–H groups in total. The van der Waals surface area contributed by atoms with Crippen molar-refractivity contribution in [3.8, 4) is 11.3 Å². The lowest BCUT2D eigenvalue weighted by Gasteiger charge is -2.27. The average Bonchev–Trinajstić information content (AvgIpc) is 3.54. The van der Waals surface area contributed by atoms with Crippen molar-refractivity contribution in [2.24, 2.45) is 5.92 Å². The van der Waals surface area contributed by atoms with Gasteiger partial charge >= 0.3 is 5.97 Å². The third-order valence-electron chi connectivity index (χ3n) is 7.03. The molecule has 204 valence electrons. The Morgan fingerprint density at radius 1 is 1.05 bits per heavy atom. The van der Waals surface area contributed by atoms with Crippen LogP contribution in [0.4, 0.5) is 11.4 Å². The van der Waals surface area contributed by atoms with E-state index >= 15 is 0 Å². The number of thiocarbonyl (C=S) groups is 1. The topological polar surface area (TPSA) is 108 Å². The molecule has 0 radical (unpaired) electrons. The molecule has 0 saturated carbocycles. The molecular weight excluding hydrogens is 524 g/mol. The molecule has 1 amide bonds. The zero-order valence-corrected chi connectivity index (χ0v) is 23.5. The van der Waals surface area contributed by atoms with Crippen LogP contribution in [0.1, 0.15) is 58.9 Å². The minimum absolute atomic E-state index is 0.0444. The zero-order chi connectivity index (χ0) is 28.6. The van der Waals surface area contributed by atoms with Crippen molar-refractivity contribution in [1.82, 2.24) is 10.3 Å². The van der Waals surface area contributed by atoms with Gasteiger partial charge in [-0.2, -0.15) is 0 Å². The van der Waals surface area contributed by atoms with Gasteiger partial charge in [0.1, 0.15) is 17.6 Å². The monoisotopic (exact) mass is 554 g/mol. The van der Waals surface area contributed by atoms with Crippen molar-refractivity contribution < 1.29 is 19.1 Å². The van der Waals surface area contributed by atoms with Crippen LogP contribution in [-0.4, -0.2) is 27.1 Å². The highest BCUT2D eigenvalue weighted by molar-refractivity contribution is 7.80. The van der Waals surface area contributed by atoms with E-state index in [4.69, 9.17) is 16.6 Å². The molecule has 1 aliphatic rings. The Morgan fingerprint density at radius 3 is 2.50 bits per heavy atom. The van der Waals surface area contributed by atoms with Crippen molar-refractivity contribution >= 4 is 40.6 Å². The third-order valence-corrected chi connectivity index (χ3v) is 7.34. The minimum Gasteiger partial charge on any atom is -0.478 e. The number of carbonyl (C=O) groups is 2. The number of anilines is 2. The molecule has 0 aliphatic carbocycles. The number of benzene rings is 2. The quantitative estimate of drug-likeness (QED) is 0.224. The maximum absolute atomic E-state index is 12.3. The molecule has 0 bridgehead atoms. The van der Waals surface area contributed by atoms with Crippen LogP contribution in [0.2, 0.25) is 0 Å². The predicted molar refractivity (Wildman–Crippen MR) is 158 cm³/mol. The van der Waals surface area contributed by atoms with Gasteiger partial charge in [-0.05, 0) is 91.8 Å². The first-order valence-corrected chi connectivity index (χ1v) is 13.4. The summed E-state index contributed by atoms with van der Waals surface area (Å²) in [6, 6.07) is 19.7. The Morgan fingerprint density at radius 2 is 1.85 bits per heavy atom. The number of carboxylic acid groups (broad SMARTS) is 1. The number of carboxylic acids is 1. The summed E-state index contributed by atoms with van der Waals surface area (Å²) in [5, 5.41) is 16.3. The van der Waals surface area contributed by atoms with E-state index in [2.05, 4.69) is 15.6 Å². The number of nitrogens with zero attached hydrogens (tertiary/aromatic N) is 2. The summed E-state index contributed by atoms with van der Waals surface area (Å²) in [6.07, 6.45) is 1.75. The van der Waals surface area contributed by atoms with E-state index in [1.165, 1.54) is 0 Å². The van der Waals surface area contributed by atoms with Gasteiger partial charge in [-0.25, -0.2) is 4.79 Å². The van der Waals surface area contributed by atoms with E-state index in [1.807, 2.05) is 81.1 Å². The second-order valence-corrected chi connectivity index (χ2v) is 10.6. The standard InChI is InChI=1S/C31H30N4O4S/c1-17(2)29(36)33-23-11-9-21(16-19(23)4)35-28(27(34-31(35)40)24-7-5-6-14-32-24)26-13-12-25(39-26)22-10-8-20(30(37)38)15-18(22)3/h5-17,27-28H,1-4H3,(H,33,36)(H,34,40)(H,37,38)/t27-,28-/m0/s1. The molecule has 4 aromatic rings. The van der Waals surface area contributed by atoms with E-state index in [9.17, 15) is 14.7 Å². The van der Waals surface area contributed by atoms with Gasteiger partial charge in [-0.1, -0.05) is 26.0 Å². The molecule has 5 rings (SSSR count). The lowest BCUT2D eigenvalue weighted by atomic mass is 10.0. The third kappa shape index (κ3) is 5.20. The van der Waals surface area contributed by atoms with Gasteiger partial charge in [0.05, 0.1) is 17.3 Å². The zero-order valence-electron chi connectivity index (χ0n) is 22.6. The Kier molecular flexibility index (Phi) is 7.40. The number of hydrogen-bond acceptors (Lipinski definition) is 5. The average molecular weight is 555 g/mol. The summed E-state index contributed by atoms with van der Waals surface area (Å²) in [7, 11) is 0. The number of aromatic nitrogens is 1. The number of furan rings is 1. The van der Waals surface area contributed by atoms with Crippen LogP contribution >= 0.6 is 12.2 Å². The molecule has 3 heterocycles. The van der Waals surface area contributed by atoms with E-state index in [0.29, 0.717) is 16.6 Å². The number of amides is 1. The van der Waals surface area contributed by atoms with Crippen molar-refractivity contribution in [2.45, 2.75) is 39.8 Å². The fourth-order valence-corrected chi connectivity index (χ4v) is 5.21. The van der Waals surface area contributed by atoms with Crippen LogP contribution < -0.4 is 15.5 Å². The first-order valence-electron chi connectivity index (χ1n) is 13.0. The summed E-state index contributed by atoms with van der Waals surface area (Å²) in [4.78, 5) is 30.3. The number of nitrogens with one attached hydrogen (secondary N) is 2. The molecule has 40 heavy (non-hydrogen) atoms. The van der Waals surface area contributed by atoms with Crippen LogP contribution in [0.3, 0.4) is 0 Å². The molecule has 2 aromatic heterocycles. The molecule has 0 spiro atoms. The van der Waals surface area contributed by atoms with Crippen LogP contribution in [0.15, 0.2) is 77.3 Å². The molecule has 1 aliphatic heterocycles. The number of hydrogen-bond donors (Lipinski definition) is 3. The van der Waals surface area contributed by atoms with Gasteiger partial charge < -0.3 is 25.1 Å². The van der Waals surface area contributed by atoms with E-state index < -0.39 is 5.97 Å². The molecule has 1 saturated heterocycles. The van der Waals surface area contributed by atoms with Crippen molar-refractivity contribution in [2.75, 3.05) is 10.2 Å². The highest BCUT2D eigenvalue weighted by atomic mass is 32.1. The van der Waals surface area contributed by atoms with Crippen LogP contribution in [0.5, 0.6) is 0 Å². The van der Waals surface area contributed by atoms with Crippen LogP contribution in [0, 0.1) is 19.8 Å².